The van der Waals surface area contributed by atoms with E-state index in [1.807, 2.05) is 11.9 Å². The summed E-state index contributed by atoms with van der Waals surface area (Å²) in [5, 5.41) is 0. The highest BCUT2D eigenvalue weighted by Crippen LogP contribution is 2.37. The second-order valence-electron chi connectivity index (χ2n) is 4.73. The zero-order valence-corrected chi connectivity index (χ0v) is 12.9. The molecule has 1 aliphatic rings. The first-order valence-corrected chi connectivity index (χ1v) is 8.49. The number of alkyl halides is 3. The molecule has 0 bridgehead atoms. The summed E-state index contributed by atoms with van der Waals surface area (Å²) in [4.78, 5) is 2.02. The van der Waals surface area contributed by atoms with Crippen molar-refractivity contribution < 1.29 is 21.6 Å². The first kappa shape index (κ1) is 16.6. The average molecular weight is 340 g/mol. The third-order valence-corrected chi connectivity index (χ3v) is 5.81. The summed E-state index contributed by atoms with van der Waals surface area (Å²) in [5.74, 6) is 0. The van der Waals surface area contributed by atoms with E-state index in [0.29, 0.717) is 26.2 Å². The predicted octanol–water partition coefficient (Wildman–Crippen LogP) is 2.23. The Morgan fingerprint density at radius 3 is 2.05 bits per heavy atom. The van der Waals surface area contributed by atoms with Gasteiger partial charge in [-0.3, -0.25) is 0 Å². The third-order valence-electron chi connectivity index (χ3n) is 3.16. The molecule has 1 aromatic carbocycles. The number of likely N-dealkylation sites (N-methyl/N-ethyl adjacent to an activating group) is 1. The van der Waals surface area contributed by atoms with Gasteiger partial charge in [0.2, 0.25) is 10.0 Å². The molecule has 1 heterocycles. The molecular formula is C12H15F3N2O2S2. The Morgan fingerprint density at radius 2 is 1.57 bits per heavy atom. The van der Waals surface area contributed by atoms with Crippen LogP contribution in [0.3, 0.4) is 0 Å². The van der Waals surface area contributed by atoms with Crippen molar-refractivity contribution in [3.05, 3.63) is 24.3 Å². The Bertz CT molecular complexity index is 580. The Labute approximate surface area is 126 Å². The lowest BCUT2D eigenvalue weighted by Crippen LogP contribution is -2.46. The lowest BCUT2D eigenvalue weighted by molar-refractivity contribution is -0.0328. The van der Waals surface area contributed by atoms with Gasteiger partial charge in [-0.15, -0.1) is 0 Å². The number of piperazine rings is 1. The van der Waals surface area contributed by atoms with Crippen molar-refractivity contribution in [1.82, 2.24) is 9.21 Å². The van der Waals surface area contributed by atoms with E-state index in [-0.39, 0.29) is 21.6 Å². The lowest BCUT2D eigenvalue weighted by atomic mass is 10.4. The maximum atomic E-state index is 12.4. The van der Waals surface area contributed by atoms with Gasteiger partial charge in [0.1, 0.15) is 0 Å². The first-order valence-electron chi connectivity index (χ1n) is 6.23. The van der Waals surface area contributed by atoms with Crippen LogP contribution in [0.4, 0.5) is 13.2 Å². The molecule has 0 spiro atoms. The van der Waals surface area contributed by atoms with Crippen molar-refractivity contribution in [3.8, 4) is 0 Å². The molecule has 0 unspecified atom stereocenters. The third kappa shape index (κ3) is 4.35. The molecule has 9 heteroatoms. The van der Waals surface area contributed by atoms with Gasteiger partial charge in [-0.25, -0.2) is 8.42 Å². The highest BCUT2D eigenvalue weighted by molar-refractivity contribution is 8.00. The molecule has 0 N–H and O–H groups in total. The van der Waals surface area contributed by atoms with Crippen LogP contribution in [0.2, 0.25) is 0 Å². The first-order chi connectivity index (χ1) is 9.68. The molecule has 0 amide bonds. The predicted molar refractivity (Wildman–Crippen MR) is 74.6 cm³/mol. The van der Waals surface area contributed by atoms with Crippen molar-refractivity contribution in [2.24, 2.45) is 0 Å². The molecular weight excluding hydrogens is 325 g/mol. The smallest absolute Gasteiger partial charge is 0.304 e. The molecule has 0 atom stereocenters. The van der Waals surface area contributed by atoms with Crippen LogP contribution in [0.25, 0.3) is 0 Å². The molecule has 21 heavy (non-hydrogen) atoms. The molecule has 1 saturated heterocycles. The van der Waals surface area contributed by atoms with Gasteiger partial charge in [0, 0.05) is 31.1 Å². The number of thioether (sulfide) groups is 1. The average Bonchev–Trinajstić information content (AvgIpc) is 2.38. The molecule has 2 rings (SSSR count). The number of hydrogen-bond donors (Lipinski definition) is 0. The van der Waals surface area contributed by atoms with Gasteiger partial charge < -0.3 is 4.90 Å². The molecule has 1 fully saturated rings. The largest absolute Gasteiger partial charge is 0.446 e. The Balaban J connectivity index is 2.14. The van der Waals surface area contributed by atoms with Crippen LogP contribution in [0.5, 0.6) is 0 Å². The summed E-state index contributed by atoms with van der Waals surface area (Å²) in [5.41, 5.74) is -4.38. The van der Waals surface area contributed by atoms with Gasteiger partial charge >= 0.3 is 5.51 Å². The summed E-state index contributed by atoms with van der Waals surface area (Å²) in [7, 11) is -1.72. The monoisotopic (exact) mass is 340 g/mol. The van der Waals surface area contributed by atoms with Gasteiger partial charge in [-0.05, 0) is 43.1 Å². The SMILES string of the molecule is CN1CCN(S(=O)(=O)c2ccc(SC(F)(F)F)cc2)CC1. The second kappa shape index (κ2) is 6.15. The van der Waals surface area contributed by atoms with E-state index < -0.39 is 15.5 Å². The van der Waals surface area contributed by atoms with Crippen molar-refractivity contribution in [3.63, 3.8) is 0 Å². The molecule has 1 aliphatic heterocycles. The zero-order chi connectivity index (χ0) is 15.7. The minimum Gasteiger partial charge on any atom is -0.304 e. The van der Waals surface area contributed by atoms with Gasteiger partial charge in [0.05, 0.1) is 4.90 Å². The van der Waals surface area contributed by atoms with Crippen LogP contribution < -0.4 is 0 Å². The van der Waals surface area contributed by atoms with Crippen LogP contribution in [-0.4, -0.2) is 56.4 Å². The minimum absolute atomic E-state index is 0.0265. The maximum Gasteiger partial charge on any atom is 0.446 e. The Hall–Kier alpha value is -0.770. The Kier molecular flexibility index (Phi) is 4.86. The van der Waals surface area contributed by atoms with Crippen LogP contribution in [0.1, 0.15) is 0 Å². The zero-order valence-electron chi connectivity index (χ0n) is 11.3. The van der Waals surface area contributed by atoms with E-state index in [0.717, 1.165) is 0 Å². The van der Waals surface area contributed by atoms with Crippen LogP contribution in [-0.2, 0) is 10.0 Å². The maximum absolute atomic E-state index is 12.4. The second-order valence-corrected chi connectivity index (χ2v) is 7.80. The Morgan fingerprint density at radius 1 is 1.05 bits per heavy atom. The van der Waals surface area contributed by atoms with Gasteiger partial charge in [-0.1, -0.05) is 0 Å². The number of benzene rings is 1. The number of halogens is 3. The molecule has 0 aromatic heterocycles. The van der Waals surface area contributed by atoms with Gasteiger partial charge in [0.25, 0.3) is 0 Å². The highest BCUT2D eigenvalue weighted by atomic mass is 32.2. The van der Waals surface area contributed by atoms with Crippen molar-refractivity contribution >= 4 is 21.8 Å². The van der Waals surface area contributed by atoms with Crippen molar-refractivity contribution in [2.45, 2.75) is 15.3 Å². The van der Waals surface area contributed by atoms with Crippen molar-refractivity contribution in [1.29, 1.82) is 0 Å². The molecule has 0 radical (unpaired) electrons. The summed E-state index contributed by atoms with van der Waals surface area (Å²) < 4.78 is 62.8. The minimum atomic E-state index is -4.38. The normalized spacial score (nSPS) is 18.9. The van der Waals surface area contributed by atoms with Crippen molar-refractivity contribution in [2.75, 3.05) is 33.2 Å². The van der Waals surface area contributed by atoms with Crippen LogP contribution in [0, 0.1) is 0 Å². The summed E-state index contributed by atoms with van der Waals surface area (Å²) in [6.07, 6.45) is 0. The fourth-order valence-corrected chi connectivity index (χ4v) is 3.95. The number of nitrogens with zero attached hydrogens (tertiary/aromatic N) is 2. The number of rotatable bonds is 3. The summed E-state index contributed by atoms with van der Waals surface area (Å²) in [6.45, 7) is 2.05. The van der Waals surface area contributed by atoms with E-state index >= 15 is 0 Å². The number of sulfonamides is 1. The standard InChI is InChI=1S/C12H15F3N2O2S2/c1-16-6-8-17(9-7-16)21(18,19)11-4-2-10(3-5-11)20-12(13,14)15/h2-5H,6-9H2,1H3. The highest BCUT2D eigenvalue weighted by Gasteiger charge is 2.30. The fraction of sp³-hybridized carbons (Fsp3) is 0.500. The molecule has 1 aromatic rings. The number of hydrogen-bond acceptors (Lipinski definition) is 4. The summed E-state index contributed by atoms with van der Waals surface area (Å²) in [6, 6.07) is 4.81. The van der Waals surface area contributed by atoms with E-state index in [4.69, 9.17) is 0 Å². The van der Waals surface area contributed by atoms with E-state index in [9.17, 15) is 21.6 Å². The molecule has 0 aliphatic carbocycles. The van der Waals surface area contributed by atoms with Gasteiger partial charge in [0.15, 0.2) is 0 Å². The quantitative estimate of drug-likeness (QED) is 0.792. The molecule has 0 saturated carbocycles. The fourth-order valence-electron chi connectivity index (χ4n) is 1.99. The lowest BCUT2D eigenvalue weighted by Gasteiger charge is -2.31. The molecule has 118 valence electrons. The topological polar surface area (TPSA) is 40.6 Å². The van der Waals surface area contributed by atoms with E-state index in [2.05, 4.69) is 0 Å². The summed E-state index contributed by atoms with van der Waals surface area (Å²) >= 11 is -0.259. The van der Waals surface area contributed by atoms with Crippen LogP contribution in [0.15, 0.2) is 34.1 Å². The van der Waals surface area contributed by atoms with E-state index in [1.165, 1.54) is 28.6 Å². The van der Waals surface area contributed by atoms with Gasteiger partial charge in [-0.2, -0.15) is 17.5 Å². The van der Waals surface area contributed by atoms with Crippen LogP contribution >= 0.6 is 11.8 Å². The van der Waals surface area contributed by atoms with E-state index in [1.54, 1.807) is 0 Å². The molecule has 4 nitrogen and oxygen atoms in total.